The lowest BCUT2D eigenvalue weighted by molar-refractivity contribution is -0.153. The average molecular weight is 377 g/mol. The van der Waals surface area contributed by atoms with Gasteiger partial charge in [-0.3, -0.25) is 9.59 Å². The summed E-state index contributed by atoms with van der Waals surface area (Å²) in [5.74, 6) is -1.20. The van der Waals surface area contributed by atoms with Gasteiger partial charge in [-0.2, -0.15) is 4.72 Å². The van der Waals surface area contributed by atoms with E-state index >= 15 is 0 Å². The highest BCUT2D eigenvalue weighted by Crippen LogP contribution is 2.14. The van der Waals surface area contributed by atoms with E-state index in [0.717, 1.165) is 0 Å². The first kappa shape index (κ1) is 20.4. The standard InChI is InChI=1S/C15H21ClN2O5S/c1-10(2)18(4)14(19)9-23-15(20)11(3)17-24(21,22)13-7-5-12(16)6-8-13/h5-8,10-11,17H,9H2,1-4H3/t11-/m0/s1. The van der Waals surface area contributed by atoms with Gasteiger partial charge < -0.3 is 9.64 Å². The van der Waals surface area contributed by atoms with Gasteiger partial charge in [-0.25, -0.2) is 8.42 Å². The number of sulfonamides is 1. The Kier molecular flexibility index (Phi) is 7.19. The monoisotopic (exact) mass is 376 g/mol. The summed E-state index contributed by atoms with van der Waals surface area (Å²) in [6.45, 7) is 4.54. The molecule has 0 spiro atoms. The third kappa shape index (κ3) is 5.77. The van der Waals surface area contributed by atoms with E-state index < -0.39 is 28.6 Å². The van der Waals surface area contributed by atoms with Crippen LogP contribution in [0, 0.1) is 0 Å². The maximum Gasteiger partial charge on any atom is 0.324 e. The number of carbonyl (C=O) groups excluding carboxylic acids is 2. The molecule has 7 nitrogen and oxygen atoms in total. The zero-order valence-electron chi connectivity index (χ0n) is 13.9. The van der Waals surface area contributed by atoms with Crippen LogP contribution >= 0.6 is 11.6 Å². The molecule has 0 aliphatic carbocycles. The van der Waals surface area contributed by atoms with Crippen molar-refractivity contribution in [2.45, 2.75) is 37.8 Å². The molecule has 0 fully saturated rings. The van der Waals surface area contributed by atoms with Crippen molar-refractivity contribution in [1.29, 1.82) is 0 Å². The molecule has 0 radical (unpaired) electrons. The fourth-order valence-electron chi connectivity index (χ4n) is 1.61. The smallest absolute Gasteiger partial charge is 0.324 e. The highest BCUT2D eigenvalue weighted by molar-refractivity contribution is 7.89. The molecule has 0 aromatic heterocycles. The minimum Gasteiger partial charge on any atom is -0.454 e. The number of hydrogen-bond acceptors (Lipinski definition) is 5. The fraction of sp³-hybridized carbons (Fsp3) is 0.467. The predicted octanol–water partition coefficient (Wildman–Crippen LogP) is 1.42. The predicted molar refractivity (Wildman–Crippen MR) is 90.1 cm³/mol. The van der Waals surface area contributed by atoms with Gasteiger partial charge in [0, 0.05) is 18.1 Å². The van der Waals surface area contributed by atoms with E-state index in [1.165, 1.54) is 36.1 Å². The molecule has 1 aromatic rings. The van der Waals surface area contributed by atoms with Crippen molar-refractivity contribution in [1.82, 2.24) is 9.62 Å². The lowest BCUT2D eigenvalue weighted by Gasteiger charge is -2.21. The molecule has 0 unspecified atom stereocenters. The van der Waals surface area contributed by atoms with E-state index in [4.69, 9.17) is 16.3 Å². The van der Waals surface area contributed by atoms with Gasteiger partial charge in [0.2, 0.25) is 10.0 Å². The number of nitrogens with zero attached hydrogens (tertiary/aromatic N) is 1. The zero-order chi connectivity index (χ0) is 18.5. The van der Waals surface area contributed by atoms with Crippen molar-refractivity contribution >= 4 is 33.5 Å². The van der Waals surface area contributed by atoms with Gasteiger partial charge in [-0.15, -0.1) is 0 Å². The highest BCUT2D eigenvalue weighted by Gasteiger charge is 2.24. The number of amides is 1. The summed E-state index contributed by atoms with van der Waals surface area (Å²) >= 11 is 5.71. The first-order valence-corrected chi connectivity index (χ1v) is 9.11. The highest BCUT2D eigenvalue weighted by atomic mass is 35.5. The van der Waals surface area contributed by atoms with Crippen molar-refractivity contribution < 1.29 is 22.7 Å². The molecule has 1 N–H and O–H groups in total. The largest absolute Gasteiger partial charge is 0.454 e. The fourth-order valence-corrected chi connectivity index (χ4v) is 2.93. The van der Waals surface area contributed by atoms with Crippen molar-refractivity contribution in [3.8, 4) is 0 Å². The summed E-state index contributed by atoms with van der Waals surface area (Å²) in [5, 5.41) is 0.397. The minimum absolute atomic E-state index is 0.0258. The second-order valence-electron chi connectivity index (χ2n) is 5.50. The van der Waals surface area contributed by atoms with Crippen molar-refractivity contribution in [3.05, 3.63) is 29.3 Å². The third-order valence-electron chi connectivity index (χ3n) is 3.32. The van der Waals surface area contributed by atoms with Gasteiger partial charge in [0.15, 0.2) is 6.61 Å². The van der Waals surface area contributed by atoms with Crippen molar-refractivity contribution in [2.75, 3.05) is 13.7 Å². The normalized spacial score (nSPS) is 12.8. The molecule has 1 atom stereocenters. The summed E-state index contributed by atoms with van der Waals surface area (Å²) in [4.78, 5) is 25.0. The Morgan fingerprint density at radius 2 is 1.75 bits per heavy atom. The summed E-state index contributed by atoms with van der Waals surface area (Å²) in [7, 11) is -2.30. The van der Waals surface area contributed by atoms with Crippen LogP contribution in [0.25, 0.3) is 0 Å². The Bertz CT molecular complexity index is 688. The molecule has 9 heteroatoms. The number of carbonyl (C=O) groups is 2. The second kappa shape index (κ2) is 8.46. The van der Waals surface area contributed by atoms with Crippen LogP contribution in [0.2, 0.25) is 5.02 Å². The van der Waals surface area contributed by atoms with E-state index in [-0.39, 0.29) is 16.8 Å². The summed E-state index contributed by atoms with van der Waals surface area (Å²) < 4.78 is 31.4. The molecule has 24 heavy (non-hydrogen) atoms. The van der Waals surface area contributed by atoms with Crippen LogP contribution in [-0.2, 0) is 24.3 Å². The number of benzene rings is 1. The molecule has 1 rings (SSSR count). The Labute approximate surface area is 147 Å². The van der Waals surface area contributed by atoms with Gasteiger partial charge >= 0.3 is 5.97 Å². The molecular weight excluding hydrogens is 356 g/mol. The molecule has 1 amide bonds. The van der Waals surface area contributed by atoms with Crippen LogP contribution in [0.4, 0.5) is 0 Å². The van der Waals surface area contributed by atoms with Crippen LogP contribution < -0.4 is 4.72 Å². The Morgan fingerprint density at radius 3 is 2.25 bits per heavy atom. The molecule has 0 saturated carbocycles. The minimum atomic E-state index is -3.89. The number of esters is 1. The zero-order valence-corrected chi connectivity index (χ0v) is 15.5. The molecular formula is C15H21ClN2O5S. The quantitative estimate of drug-likeness (QED) is 0.726. The van der Waals surface area contributed by atoms with Crippen molar-refractivity contribution in [2.24, 2.45) is 0 Å². The van der Waals surface area contributed by atoms with E-state index in [1.54, 1.807) is 7.05 Å². The number of halogens is 1. The Balaban J connectivity index is 2.63. The molecule has 1 aromatic carbocycles. The van der Waals surface area contributed by atoms with Gasteiger partial charge in [-0.05, 0) is 45.0 Å². The van der Waals surface area contributed by atoms with Gasteiger partial charge in [0.05, 0.1) is 4.90 Å². The Morgan fingerprint density at radius 1 is 1.21 bits per heavy atom. The van der Waals surface area contributed by atoms with Gasteiger partial charge in [-0.1, -0.05) is 11.6 Å². The van der Waals surface area contributed by atoms with Crippen molar-refractivity contribution in [3.63, 3.8) is 0 Å². The number of hydrogen-bond donors (Lipinski definition) is 1. The molecule has 0 bridgehead atoms. The van der Waals surface area contributed by atoms with Gasteiger partial charge in [0.1, 0.15) is 6.04 Å². The molecule has 0 aliphatic heterocycles. The van der Waals surface area contributed by atoms with E-state index in [0.29, 0.717) is 5.02 Å². The van der Waals surface area contributed by atoms with Gasteiger partial charge in [0.25, 0.3) is 5.91 Å². The topological polar surface area (TPSA) is 92.8 Å². The SMILES string of the molecule is CC(C)N(C)C(=O)COC(=O)[C@H](C)NS(=O)(=O)c1ccc(Cl)cc1. The molecule has 0 aliphatic rings. The maximum absolute atomic E-state index is 12.2. The lowest BCUT2D eigenvalue weighted by atomic mass is 10.3. The first-order chi connectivity index (χ1) is 11.0. The van der Waals surface area contributed by atoms with E-state index in [1.807, 2.05) is 13.8 Å². The average Bonchev–Trinajstić information content (AvgIpc) is 2.51. The second-order valence-corrected chi connectivity index (χ2v) is 7.65. The molecule has 0 heterocycles. The third-order valence-corrected chi connectivity index (χ3v) is 5.12. The maximum atomic E-state index is 12.2. The lowest BCUT2D eigenvalue weighted by Crippen LogP contribution is -2.42. The summed E-state index contributed by atoms with van der Waals surface area (Å²) in [5.41, 5.74) is 0. The molecule has 134 valence electrons. The first-order valence-electron chi connectivity index (χ1n) is 7.24. The Hall–Kier alpha value is -1.64. The number of rotatable bonds is 7. The summed E-state index contributed by atoms with van der Waals surface area (Å²) in [6, 6.07) is 4.34. The number of ether oxygens (including phenoxy) is 1. The number of nitrogens with one attached hydrogen (secondary N) is 1. The van der Waals surface area contributed by atoms with Crippen LogP contribution in [0.1, 0.15) is 20.8 Å². The van der Waals surface area contributed by atoms with E-state index in [9.17, 15) is 18.0 Å². The van der Waals surface area contributed by atoms with Crippen LogP contribution in [0.3, 0.4) is 0 Å². The van der Waals surface area contributed by atoms with E-state index in [2.05, 4.69) is 4.72 Å². The van der Waals surface area contributed by atoms with Crippen LogP contribution in [-0.4, -0.2) is 50.9 Å². The van der Waals surface area contributed by atoms with Crippen LogP contribution in [0.15, 0.2) is 29.2 Å². The summed E-state index contributed by atoms with van der Waals surface area (Å²) in [6.07, 6.45) is 0. The molecule has 0 saturated heterocycles. The van der Waals surface area contributed by atoms with Crippen LogP contribution in [0.5, 0.6) is 0 Å². The number of likely N-dealkylation sites (N-methyl/N-ethyl adjacent to an activating group) is 1.